The van der Waals surface area contributed by atoms with Crippen LogP contribution in [-0.2, 0) is 9.59 Å². The lowest BCUT2D eigenvalue weighted by atomic mass is 9.48. The van der Waals surface area contributed by atoms with Gasteiger partial charge < -0.3 is 5.11 Å². The molecule has 3 aliphatic carbocycles. The predicted molar refractivity (Wildman–Crippen MR) is 118 cm³/mol. The van der Waals surface area contributed by atoms with E-state index >= 15 is 0 Å². The average molecular weight is 405 g/mol. The molecule has 0 bridgehead atoms. The van der Waals surface area contributed by atoms with Crippen molar-refractivity contribution in [3.8, 4) is 0 Å². The van der Waals surface area contributed by atoms with Crippen molar-refractivity contribution in [2.45, 2.75) is 105 Å². The molecule has 1 N–H and O–H groups in total. The van der Waals surface area contributed by atoms with Gasteiger partial charge in [-0.2, -0.15) is 0 Å². The quantitative estimate of drug-likeness (QED) is 0.487. The molecule has 3 saturated carbocycles. The Bertz CT molecular complexity index is 611. The number of carboxylic acids is 1. The normalized spacial score (nSPS) is 40.6. The van der Waals surface area contributed by atoms with E-state index in [2.05, 4.69) is 34.6 Å². The number of ketones is 1. The summed E-state index contributed by atoms with van der Waals surface area (Å²) in [5.74, 6) is 3.74. The predicted octanol–water partition coefficient (Wildman–Crippen LogP) is 6.74. The molecule has 0 unspecified atom stereocenters. The second kappa shape index (κ2) is 8.71. The molecule has 3 fully saturated rings. The second-order valence-electron chi connectivity index (χ2n) is 11.7. The molecule has 0 spiro atoms. The maximum atomic E-state index is 12.9. The van der Waals surface area contributed by atoms with Gasteiger partial charge in [-0.15, -0.1) is 0 Å². The number of hydrogen-bond donors (Lipinski definition) is 1. The van der Waals surface area contributed by atoms with Crippen molar-refractivity contribution in [1.82, 2.24) is 0 Å². The third-order valence-corrected chi connectivity index (χ3v) is 9.66. The number of Topliss-reactive ketones (excluding diaryl/α,β-unsaturated/α-hetero) is 1. The van der Waals surface area contributed by atoms with E-state index in [0.29, 0.717) is 35.9 Å². The van der Waals surface area contributed by atoms with Crippen LogP contribution in [0.4, 0.5) is 0 Å². The van der Waals surface area contributed by atoms with Crippen LogP contribution >= 0.6 is 0 Å². The van der Waals surface area contributed by atoms with Crippen LogP contribution in [0.15, 0.2) is 0 Å². The Labute approximate surface area is 178 Å². The smallest absolute Gasteiger partial charge is 0.303 e. The van der Waals surface area contributed by atoms with E-state index in [4.69, 9.17) is 0 Å². The Balaban J connectivity index is 1.73. The summed E-state index contributed by atoms with van der Waals surface area (Å²) in [5, 5.41) is 9.22. The Morgan fingerprint density at radius 1 is 1.07 bits per heavy atom. The van der Waals surface area contributed by atoms with Gasteiger partial charge >= 0.3 is 5.97 Å². The van der Waals surface area contributed by atoms with Gasteiger partial charge in [-0.25, -0.2) is 0 Å². The number of hydrogen-bond acceptors (Lipinski definition) is 2. The monoisotopic (exact) mass is 404 g/mol. The van der Waals surface area contributed by atoms with Gasteiger partial charge in [0.2, 0.25) is 0 Å². The number of carbonyl (C=O) groups excluding carboxylic acids is 1. The van der Waals surface area contributed by atoms with Crippen molar-refractivity contribution in [1.29, 1.82) is 0 Å². The van der Waals surface area contributed by atoms with Crippen molar-refractivity contribution in [3.05, 3.63) is 0 Å². The molecule has 0 aromatic heterocycles. The molecule has 0 aromatic carbocycles. The highest BCUT2D eigenvalue weighted by Gasteiger charge is 2.59. The Hall–Kier alpha value is -0.860. The molecule has 3 aliphatic rings. The Morgan fingerprint density at radius 3 is 2.45 bits per heavy atom. The van der Waals surface area contributed by atoms with E-state index in [9.17, 15) is 14.7 Å². The minimum absolute atomic E-state index is 0.128. The molecule has 29 heavy (non-hydrogen) atoms. The molecule has 3 nitrogen and oxygen atoms in total. The van der Waals surface area contributed by atoms with Crippen molar-refractivity contribution < 1.29 is 14.7 Å². The van der Waals surface area contributed by atoms with Gasteiger partial charge in [0.1, 0.15) is 5.78 Å². The largest absolute Gasteiger partial charge is 0.481 e. The van der Waals surface area contributed by atoms with Crippen LogP contribution in [0.25, 0.3) is 0 Å². The van der Waals surface area contributed by atoms with Crippen LogP contribution < -0.4 is 0 Å². The lowest BCUT2D eigenvalue weighted by Gasteiger charge is -2.56. The summed E-state index contributed by atoms with van der Waals surface area (Å²) >= 11 is 0. The van der Waals surface area contributed by atoms with Crippen molar-refractivity contribution in [2.75, 3.05) is 0 Å². The summed E-state index contributed by atoms with van der Waals surface area (Å²) in [7, 11) is 0. The third kappa shape index (κ3) is 4.30. The fourth-order valence-corrected chi connectivity index (χ4v) is 7.99. The number of rotatable bonds is 8. The summed E-state index contributed by atoms with van der Waals surface area (Å²) in [6.07, 6.45) is 11.4. The standard InChI is InChI=1S/C26H44O3/c1-17(2)7-6-8-18(3)20-10-11-21-19-9-12-23(27)26(5,16-14-24(28)29)22(19)13-15-25(20,21)4/h17-22H,6-16H2,1-5H3,(H,28,29)/t18-,19+,20+,21+,22-,25-,26-/m1/s1. The van der Waals surface area contributed by atoms with Gasteiger partial charge in [0, 0.05) is 18.3 Å². The highest BCUT2D eigenvalue weighted by atomic mass is 16.4. The molecule has 0 aliphatic heterocycles. The van der Waals surface area contributed by atoms with E-state index in [-0.39, 0.29) is 6.42 Å². The molecule has 3 heteroatoms. The molecular formula is C26H44O3. The minimum Gasteiger partial charge on any atom is -0.481 e. The summed E-state index contributed by atoms with van der Waals surface area (Å²) in [5.41, 5.74) is 0.0100. The first kappa shape index (κ1) is 22.8. The Kier molecular flexibility index (Phi) is 6.85. The van der Waals surface area contributed by atoms with Crippen LogP contribution in [0.3, 0.4) is 0 Å². The molecule has 166 valence electrons. The zero-order valence-electron chi connectivity index (χ0n) is 19.5. The van der Waals surface area contributed by atoms with Gasteiger partial charge in [0.15, 0.2) is 0 Å². The van der Waals surface area contributed by atoms with E-state index < -0.39 is 11.4 Å². The molecule has 7 atom stereocenters. The van der Waals surface area contributed by atoms with Crippen LogP contribution in [0.5, 0.6) is 0 Å². The van der Waals surface area contributed by atoms with Crippen molar-refractivity contribution >= 4 is 11.8 Å². The maximum absolute atomic E-state index is 12.9. The fraction of sp³-hybridized carbons (Fsp3) is 0.923. The SMILES string of the molecule is CC(C)CCC[C@@H](C)[C@@H]1CC[C@H]2[C@@H]3CCC(=O)[C@](C)(CCC(=O)O)[C@@H]3CC[C@@]21C. The molecule has 3 rings (SSSR count). The van der Waals surface area contributed by atoms with Gasteiger partial charge in [0.05, 0.1) is 0 Å². The van der Waals surface area contributed by atoms with E-state index in [0.717, 1.165) is 36.5 Å². The summed E-state index contributed by atoms with van der Waals surface area (Å²) in [6.45, 7) is 11.8. The van der Waals surface area contributed by atoms with Crippen LogP contribution in [0.2, 0.25) is 0 Å². The summed E-state index contributed by atoms with van der Waals surface area (Å²) < 4.78 is 0. The topological polar surface area (TPSA) is 54.4 Å². The Morgan fingerprint density at radius 2 is 1.79 bits per heavy atom. The summed E-state index contributed by atoms with van der Waals surface area (Å²) in [6, 6.07) is 0. The lowest BCUT2D eigenvalue weighted by molar-refractivity contribution is -0.148. The van der Waals surface area contributed by atoms with Crippen LogP contribution in [0.1, 0.15) is 105 Å². The van der Waals surface area contributed by atoms with E-state index in [1.165, 1.54) is 38.5 Å². The number of carbonyl (C=O) groups is 2. The highest BCUT2D eigenvalue weighted by molar-refractivity contribution is 5.86. The van der Waals surface area contributed by atoms with Crippen LogP contribution in [0, 0.1) is 46.3 Å². The van der Waals surface area contributed by atoms with Gasteiger partial charge in [-0.3, -0.25) is 9.59 Å². The lowest BCUT2D eigenvalue weighted by Crippen LogP contribution is -2.52. The molecule has 0 amide bonds. The van der Waals surface area contributed by atoms with Gasteiger partial charge in [0.25, 0.3) is 0 Å². The number of carboxylic acid groups (broad SMARTS) is 1. The van der Waals surface area contributed by atoms with Crippen molar-refractivity contribution in [3.63, 3.8) is 0 Å². The summed E-state index contributed by atoms with van der Waals surface area (Å²) in [4.78, 5) is 24.1. The maximum Gasteiger partial charge on any atom is 0.303 e. The number of fused-ring (bicyclic) bond motifs is 3. The van der Waals surface area contributed by atoms with E-state index in [1.54, 1.807) is 0 Å². The highest BCUT2D eigenvalue weighted by Crippen LogP contribution is 2.65. The first-order valence-electron chi connectivity index (χ1n) is 12.3. The molecule has 0 radical (unpaired) electrons. The minimum atomic E-state index is -0.766. The molecule has 0 aromatic rings. The molecular weight excluding hydrogens is 360 g/mol. The first-order valence-corrected chi connectivity index (χ1v) is 12.3. The fourth-order valence-electron chi connectivity index (χ4n) is 7.99. The average Bonchev–Trinajstić information content (AvgIpc) is 3.00. The van der Waals surface area contributed by atoms with Crippen molar-refractivity contribution in [2.24, 2.45) is 46.3 Å². The van der Waals surface area contributed by atoms with E-state index in [1.807, 2.05) is 0 Å². The molecule has 0 heterocycles. The first-order chi connectivity index (χ1) is 13.6. The zero-order chi connectivity index (χ0) is 21.4. The molecule has 0 saturated heterocycles. The zero-order valence-corrected chi connectivity index (χ0v) is 19.5. The van der Waals surface area contributed by atoms with Crippen LogP contribution in [-0.4, -0.2) is 16.9 Å². The van der Waals surface area contributed by atoms with Gasteiger partial charge in [-0.05, 0) is 79.4 Å². The number of aliphatic carboxylic acids is 1. The third-order valence-electron chi connectivity index (χ3n) is 9.66. The second-order valence-corrected chi connectivity index (χ2v) is 11.7. The van der Waals surface area contributed by atoms with Gasteiger partial charge in [-0.1, -0.05) is 53.9 Å².